The van der Waals surface area contributed by atoms with Gasteiger partial charge in [0.05, 0.1) is 15.7 Å². The van der Waals surface area contributed by atoms with Gasteiger partial charge < -0.3 is 0 Å². The number of halogens is 2. The summed E-state index contributed by atoms with van der Waals surface area (Å²) in [7, 11) is -1.20. The van der Waals surface area contributed by atoms with Crippen molar-refractivity contribution in [2.75, 3.05) is 0 Å². The topological polar surface area (TPSA) is 29.1 Å². The van der Waals surface area contributed by atoms with Crippen molar-refractivity contribution < 1.29 is 8.60 Å². The van der Waals surface area contributed by atoms with Gasteiger partial charge in [-0.1, -0.05) is 12.1 Å². The molecule has 0 fully saturated rings. The van der Waals surface area contributed by atoms with Gasteiger partial charge in [0.15, 0.2) is 0 Å². The summed E-state index contributed by atoms with van der Waals surface area (Å²) in [6.07, 6.45) is 0. The molecule has 2 nitrogen and oxygen atoms in total. The third-order valence-electron chi connectivity index (χ3n) is 2.29. The number of hydrogen-bond acceptors (Lipinski definition) is 1. The summed E-state index contributed by atoms with van der Waals surface area (Å²) in [5.74, 6) is -0.237. The lowest BCUT2D eigenvalue weighted by Crippen LogP contribution is -2.35. The van der Waals surface area contributed by atoms with Crippen molar-refractivity contribution in [1.82, 2.24) is 4.72 Å². The van der Waals surface area contributed by atoms with E-state index in [4.69, 9.17) is 0 Å². The first-order chi connectivity index (χ1) is 7.73. The highest BCUT2D eigenvalue weighted by molar-refractivity contribution is 14.1. The number of nitrogens with one attached hydrogen (secondary N) is 1. The molecule has 0 amide bonds. The second kappa shape index (κ2) is 5.75. The van der Waals surface area contributed by atoms with Crippen LogP contribution in [0, 0.1) is 9.39 Å². The highest BCUT2D eigenvalue weighted by Crippen LogP contribution is 2.22. The van der Waals surface area contributed by atoms with E-state index in [0.717, 1.165) is 0 Å². The second-order valence-electron chi connectivity index (χ2n) is 4.86. The molecule has 1 N–H and O–H groups in total. The van der Waals surface area contributed by atoms with E-state index in [1.165, 1.54) is 0 Å². The standard InChI is InChI=1S/C12H17FINOS/c1-8(15-17(16)12(2,3)4)9-6-5-7-10(14)11(9)13/h5-8,15H,1-4H3/t8-,17?/m1/s1. The predicted molar refractivity (Wildman–Crippen MR) is 78.6 cm³/mol. The summed E-state index contributed by atoms with van der Waals surface area (Å²) in [6.45, 7) is 7.47. The molecule has 1 aromatic carbocycles. The number of benzene rings is 1. The van der Waals surface area contributed by atoms with Gasteiger partial charge in [-0.25, -0.2) is 13.3 Å². The lowest BCUT2D eigenvalue weighted by atomic mass is 10.1. The van der Waals surface area contributed by atoms with Crippen LogP contribution in [0.5, 0.6) is 0 Å². The van der Waals surface area contributed by atoms with Crippen LogP contribution >= 0.6 is 22.6 Å². The van der Waals surface area contributed by atoms with E-state index in [9.17, 15) is 8.60 Å². The van der Waals surface area contributed by atoms with E-state index in [0.29, 0.717) is 9.13 Å². The molecule has 0 bridgehead atoms. The Morgan fingerprint density at radius 2 is 2.00 bits per heavy atom. The monoisotopic (exact) mass is 369 g/mol. The predicted octanol–water partition coefficient (Wildman–Crippen LogP) is 3.54. The van der Waals surface area contributed by atoms with Crippen LogP contribution in [0.1, 0.15) is 39.3 Å². The number of hydrogen-bond donors (Lipinski definition) is 1. The van der Waals surface area contributed by atoms with Crippen LogP contribution in [0.25, 0.3) is 0 Å². The molecular weight excluding hydrogens is 352 g/mol. The molecule has 0 heterocycles. The molecule has 1 aromatic rings. The molecule has 0 aromatic heterocycles. The Balaban J connectivity index is 2.88. The maximum absolute atomic E-state index is 13.9. The number of rotatable bonds is 3. The first-order valence-electron chi connectivity index (χ1n) is 5.35. The molecule has 0 saturated carbocycles. The molecule has 0 radical (unpaired) electrons. The van der Waals surface area contributed by atoms with Crippen molar-refractivity contribution >= 4 is 33.6 Å². The molecule has 2 atom stereocenters. The molecule has 0 aliphatic rings. The van der Waals surface area contributed by atoms with E-state index in [1.807, 2.05) is 50.3 Å². The van der Waals surface area contributed by atoms with Gasteiger partial charge in [-0.05, 0) is 56.4 Å². The molecule has 5 heteroatoms. The Bertz CT molecular complexity index is 431. The van der Waals surface area contributed by atoms with Crippen LogP contribution in [0.2, 0.25) is 0 Å². The van der Waals surface area contributed by atoms with E-state index < -0.39 is 11.0 Å². The van der Waals surface area contributed by atoms with E-state index in [1.54, 1.807) is 18.2 Å². The van der Waals surface area contributed by atoms with Crippen molar-refractivity contribution in [3.63, 3.8) is 0 Å². The van der Waals surface area contributed by atoms with Crippen molar-refractivity contribution in [1.29, 1.82) is 0 Å². The lowest BCUT2D eigenvalue weighted by molar-refractivity contribution is 0.567. The molecule has 96 valence electrons. The molecule has 0 saturated heterocycles. The van der Waals surface area contributed by atoms with Crippen LogP contribution in [0.3, 0.4) is 0 Å². The van der Waals surface area contributed by atoms with Crippen LogP contribution in [-0.4, -0.2) is 8.96 Å². The summed E-state index contributed by atoms with van der Waals surface area (Å²) in [5, 5.41) is 0. The minimum Gasteiger partial charge on any atom is -0.242 e. The molecule has 0 spiro atoms. The zero-order valence-electron chi connectivity index (χ0n) is 10.4. The van der Waals surface area contributed by atoms with Gasteiger partial charge in [-0.2, -0.15) is 0 Å². The fraction of sp³-hybridized carbons (Fsp3) is 0.500. The van der Waals surface area contributed by atoms with Crippen LogP contribution in [-0.2, 0) is 11.0 Å². The third-order valence-corrected chi connectivity index (χ3v) is 4.80. The van der Waals surface area contributed by atoms with Crippen LogP contribution < -0.4 is 4.72 Å². The van der Waals surface area contributed by atoms with E-state index >= 15 is 0 Å². The third kappa shape index (κ3) is 3.99. The normalized spacial score (nSPS) is 15.6. The van der Waals surface area contributed by atoms with Gasteiger partial charge in [0.25, 0.3) is 0 Å². The van der Waals surface area contributed by atoms with Crippen molar-refractivity contribution in [3.05, 3.63) is 33.1 Å². The van der Waals surface area contributed by atoms with Crippen molar-refractivity contribution in [2.24, 2.45) is 0 Å². The molecule has 0 aliphatic heterocycles. The maximum atomic E-state index is 13.9. The van der Waals surface area contributed by atoms with Gasteiger partial charge in [-0.3, -0.25) is 0 Å². The zero-order chi connectivity index (χ0) is 13.2. The summed E-state index contributed by atoms with van der Waals surface area (Å²) in [5.41, 5.74) is 0.550. The maximum Gasteiger partial charge on any atom is 0.141 e. The molecule has 1 unspecified atom stereocenters. The fourth-order valence-electron chi connectivity index (χ4n) is 1.26. The zero-order valence-corrected chi connectivity index (χ0v) is 13.4. The van der Waals surface area contributed by atoms with Gasteiger partial charge >= 0.3 is 0 Å². The summed E-state index contributed by atoms with van der Waals surface area (Å²) in [6, 6.07) is 4.96. The summed E-state index contributed by atoms with van der Waals surface area (Å²) < 4.78 is 28.9. The Hall–Kier alpha value is -0.0100. The largest absolute Gasteiger partial charge is 0.242 e. The highest BCUT2D eigenvalue weighted by atomic mass is 127. The Labute approximate surface area is 118 Å². The van der Waals surface area contributed by atoms with Gasteiger partial charge in [0, 0.05) is 15.2 Å². The summed E-state index contributed by atoms with van der Waals surface area (Å²) in [4.78, 5) is 0. The van der Waals surface area contributed by atoms with Crippen molar-refractivity contribution in [2.45, 2.75) is 38.5 Å². The SMILES string of the molecule is C[C@@H](NS(=O)C(C)(C)C)c1cccc(I)c1F. The van der Waals surface area contributed by atoms with Gasteiger partial charge in [-0.15, -0.1) is 0 Å². The van der Waals surface area contributed by atoms with E-state index in [-0.39, 0.29) is 16.6 Å². The first-order valence-corrected chi connectivity index (χ1v) is 7.58. The molecular formula is C12H17FINOS. The van der Waals surface area contributed by atoms with E-state index in [2.05, 4.69) is 4.72 Å². The Kier molecular flexibility index (Phi) is 5.09. The average molecular weight is 369 g/mol. The van der Waals surface area contributed by atoms with Crippen molar-refractivity contribution in [3.8, 4) is 0 Å². The Morgan fingerprint density at radius 3 is 2.53 bits per heavy atom. The lowest BCUT2D eigenvalue weighted by Gasteiger charge is -2.22. The van der Waals surface area contributed by atoms with Gasteiger partial charge in [0.2, 0.25) is 0 Å². The average Bonchev–Trinajstić information content (AvgIpc) is 2.20. The Morgan fingerprint density at radius 1 is 1.41 bits per heavy atom. The minimum atomic E-state index is -1.20. The quantitative estimate of drug-likeness (QED) is 0.812. The first kappa shape index (κ1) is 15.0. The van der Waals surface area contributed by atoms with Crippen LogP contribution in [0.4, 0.5) is 4.39 Å². The summed E-state index contributed by atoms with van der Waals surface area (Å²) >= 11 is 1.95. The van der Waals surface area contributed by atoms with Gasteiger partial charge in [0.1, 0.15) is 5.82 Å². The molecule has 17 heavy (non-hydrogen) atoms. The minimum absolute atomic E-state index is 0.237. The van der Waals surface area contributed by atoms with Crippen LogP contribution in [0.15, 0.2) is 18.2 Å². The second-order valence-corrected chi connectivity index (χ2v) is 8.02. The smallest absolute Gasteiger partial charge is 0.141 e. The molecule has 1 rings (SSSR count). The highest BCUT2D eigenvalue weighted by Gasteiger charge is 2.23. The fourth-order valence-corrected chi connectivity index (χ4v) is 2.58. The molecule has 0 aliphatic carbocycles.